The second-order valence-electron chi connectivity index (χ2n) is 6.64. The molecule has 4 nitrogen and oxygen atoms in total. The Balaban J connectivity index is 1.66. The second kappa shape index (κ2) is 7.53. The van der Waals surface area contributed by atoms with E-state index in [1.807, 2.05) is 54.8 Å². The van der Waals surface area contributed by atoms with Crippen LogP contribution in [0.2, 0.25) is 0 Å². The molecule has 0 saturated heterocycles. The van der Waals surface area contributed by atoms with Crippen molar-refractivity contribution in [2.45, 2.75) is 6.92 Å². The van der Waals surface area contributed by atoms with Crippen molar-refractivity contribution in [3.05, 3.63) is 88.6 Å². The number of fused-ring (bicyclic) bond motifs is 3. The molecular formula is C24H19N3OS. The minimum absolute atomic E-state index is 0.647. The molecule has 0 saturated carbocycles. The van der Waals surface area contributed by atoms with Crippen molar-refractivity contribution in [2.75, 3.05) is 11.9 Å². The highest BCUT2D eigenvalue weighted by Crippen LogP contribution is 2.37. The SMILES string of the molecule is CCOc1ccc(C2=NC(c3cccs3)=Nc3c(ccc4ccccc34)N2)cc1. The molecule has 0 fully saturated rings. The summed E-state index contributed by atoms with van der Waals surface area (Å²) in [6.07, 6.45) is 0. The quantitative estimate of drug-likeness (QED) is 0.442. The number of ether oxygens (including phenoxy) is 1. The zero-order chi connectivity index (χ0) is 19.6. The summed E-state index contributed by atoms with van der Waals surface area (Å²) in [5.74, 6) is 2.34. The van der Waals surface area contributed by atoms with E-state index in [-0.39, 0.29) is 0 Å². The average molecular weight is 398 g/mol. The Bertz CT molecular complexity index is 1220. The summed E-state index contributed by atoms with van der Waals surface area (Å²) in [6.45, 7) is 2.63. The van der Waals surface area contributed by atoms with Crippen LogP contribution >= 0.6 is 11.3 Å². The van der Waals surface area contributed by atoms with Crippen LogP contribution in [0.1, 0.15) is 17.4 Å². The molecule has 1 aromatic heterocycles. The maximum atomic E-state index is 5.58. The van der Waals surface area contributed by atoms with E-state index < -0.39 is 0 Å². The fraction of sp³-hybridized carbons (Fsp3) is 0.0833. The lowest BCUT2D eigenvalue weighted by molar-refractivity contribution is 0.340. The van der Waals surface area contributed by atoms with Crippen LogP contribution in [0, 0.1) is 0 Å². The van der Waals surface area contributed by atoms with E-state index in [1.54, 1.807) is 11.3 Å². The van der Waals surface area contributed by atoms with E-state index in [1.165, 1.54) is 0 Å². The molecule has 0 spiro atoms. The third-order valence-corrected chi connectivity index (χ3v) is 5.64. The first-order valence-corrected chi connectivity index (χ1v) is 10.4. The van der Waals surface area contributed by atoms with Crippen LogP contribution < -0.4 is 10.1 Å². The predicted octanol–water partition coefficient (Wildman–Crippen LogP) is 6.25. The Morgan fingerprint density at radius 3 is 2.55 bits per heavy atom. The van der Waals surface area contributed by atoms with Gasteiger partial charge in [0.15, 0.2) is 5.84 Å². The van der Waals surface area contributed by atoms with Gasteiger partial charge in [0, 0.05) is 10.9 Å². The predicted molar refractivity (Wildman–Crippen MR) is 122 cm³/mol. The van der Waals surface area contributed by atoms with Gasteiger partial charge in [-0.3, -0.25) is 0 Å². The summed E-state index contributed by atoms with van der Waals surface area (Å²) in [5.41, 5.74) is 2.85. The molecular weight excluding hydrogens is 378 g/mol. The first-order valence-electron chi connectivity index (χ1n) is 9.55. The Hall–Kier alpha value is -3.44. The van der Waals surface area contributed by atoms with Gasteiger partial charge < -0.3 is 10.1 Å². The standard InChI is InChI=1S/C24H19N3OS/c1-2-28-18-12-9-17(10-13-18)23-25-20-14-11-16-6-3-4-7-19(16)22(20)26-24(27-23)21-8-5-15-29-21/h3-15H,2H2,1H3,(H,25,26,27). The zero-order valence-corrected chi connectivity index (χ0v) is 16.7. The first kappa shape index (κ1) is 17.6. The molecule has 4 aromatic rings. The van der Waals surface area contributed by atoms with Crippen molar-refractivity contribution in [1.29, 1.82) is 0 Å². The minimum atomic E-state index is 0.647. The lowest BCUT2D eigenvalue weighted by Gasteiger charge is -2.12. The summed E-state index contributed by atoms with van der Waals surface area (Å²) in [5, 5.41) is 7.82. The second-order valence-corrected chi connectivity index (χ2v) is 7.59. The molecule has 5 rings (SSSR count). The van der Waals surface area contributed by atoms with Gasteiger partial charge in [0.1, 0.15) is 11.6 Å². The summed E-state index contributed by atoms with van der Waals surface area (Å²) in [6, 6.07) is 24.5. The molecule has 1 aliphatic rings. The highest BCUT2D eigenvalue weighted by atomic mass is 32.1. The van der Waals surface area contributed by atoms with Gasteiger partial charge in [0.05, 0.1) is 22.9 Å². The van der Waals surface area contributed by atoms with Gasteiger partial charge in [-0.05, 0) is 54.1 Å². The molecule has 1 N–H and O–H groups in total. The van der Waals surface area contributed by atoms with E-state index in [9.17, 15) is 0 Å². The summed E-state index contributed by atoms with van der Waals surface area (Å²) in [4.78, 5) is 10.9. The number of hydrogen-bond acceptors (Lipinski definition) is 5. The van der Waals surface area contributed by atoms with Crippen LogP contribution in [0.15, 0.2) is 88.2 Å². The fourth-order valence-corrected chi connectivity index (χ4v) is 4.05. The maximum absolute atomic E-state index is 5.58. The largest absolute Gasteiger partial charge is 0.494 e. The minimum Gasteiger partial charge on any atom is -0.494 e. The van der Waals surface area contributed by atoms with Gasteiger partial charge in [0.25, 0.3) is 0 Å². The van der Waals surface area contributed by atoms with Crippen LogP contribution in [0.4, 0.5) is 11.4 Å². The van der Waals surface area contributed by atoms with E-state index >= 15 is 0 Å². The molecule has 2 heterocycles. The smallest absolute Gasteiger partial charge is 0.172 e. The lowest BCUT2D eigenvalue weighted by atomic mass is 10.1. The van der Waals surface area contributed by atoms with Crippen molar-refractivity contribution in [1.82, 2.24) is 0 Å². The molecule has 1 aliphatic heterocycles. The number of thiophene rings is 1. The third-order valence-electron chi connectivity index (χ3n) is 4.77. The van der Waals surface area contributed by atoms with Gasteiger partial charge in [0.2, 0.25) is 0 Å². The summed E-state index contributed by atoms with van der Waals surface area (Å²) in [7, 11) is 0. The van der Waals surface area contributed by atoms with E-state index in [4.69, 9.17) is 14.7 Å². The van der Waals surface area contributed by atoms with Crippen LogP contribution in [-0.4, -0.2) is 18.3 Å². The van der Waals surface area contributed by atoms with Gasteiger partial charge in [-0.1, -0.05) is 36.4 Å². The van der Waals surface area contributed by atoms with Crippen molar-refractivity contribution >= 4 is 45.2 Å². The number of nitrogens with one attached hydrogen (secondary N) is 1. The van der Waals surface area contributed by atoms with Crippen LogP contribution in [0.25, 0.3) is 10.8 Å². The Labute approximate surface area is 173 Å². The zero-order valence-electron chi connectivity index (χ0n) is 15.9. The summed E-state index contributed by atoms with van der Waals surface area (Å²) >= 11 is 1.64. The normalized spacial score (nSPS) is 13.1. The molecule has 5 heteroatoms. The number of anilines is 1. The maximum Gasteiger partial charge on any atom is 0.172 e. The van der Waals surface area contributed by atoms with E-state index in [0.29, 0.717) is 12.4 Å². The molecule has 3 aromatic carbocycles. The van der Waals surface area contributed by atoms with Crippen molar-refractivity contribution in [3.63, 3.8) is 0 Å². The van der Waals surface area contributed by atoms with Crippen LogP contribution in [0.3, 0.4) is 0 Å². The molecule has 0 atom stereocenters. The van der Waals surface area contributed by atoms with E-state index in [2.05, 4.69) is 35.6 Å². The van der Waals surface area contributed by atoms with Crippen LogP contribution in [-0.2, 0) is 0 Å². The first-order chi connectivity index (χ1) is 14.3. The lowest BCUT2D eigenvalue weighted by Crippen LogP contribution is -2.14. The monoisotopic (exact) mass is 397 g/mol. The van der Waals surface area contributed by atoms with Crippen molar-refractivity contribution in [2.24, 2.45) is 9.98 Å². The Morgan fingerprint density at radius 1 is 0.897 bits per heavy atom. The highest BCUT2D eigenvalue weighted by Gasteiger charge is 2.17. The number of rotatable bonds is 4. The molecule has 0 amide bonds. The molecule has 0 unspecified atom stereocenters. The summed E-state index contributed by atoms with van der Waals surface area (Å²) < 4.78 is 5.58. The van der Waals surface area contributed by atoms with Crippen LogP contribution in [0.5, 0.6) is 5.75 Å². The number of amidine groups is 2. The average Bonchev–Trinajstić information content (AvgIpc) is 3.22. The van der Waals surface area contributed by atoms with Gasteiger partial charge >= 0.3 is 0 Å². The molecule has 142 valence electrons. The van der Waals surface area contributed by atoms with Crippen molar-refractivity contribution < 1.29 is 4.74 Å². The van der Waals surface area contributed by atoms with Gasteiger partial charge in [-0.2, -0.15) is 0 Å². The Morgan fingerprint density at radius 2 is 1.76 bits per heavy atom. The van der Waals surface area contributed by atoms with E-state index in [0.717, 1.165) is 44.2 Å². The molecule has 0 radical (unpaired) electrons. The topological polar surface area (TPSA) is 46.0 Å². The molecule has 0 bridgehead atoms. The number of nitrogens with zero attached hydrogens (tertiary/aromatic N) is 2. The van der Waals surface area contributed by atoms with Gasteiger partial charge in [-0.25, -0.2) is 9.98 Å². The number of aliphatic imine (C=N–C) groups is 2. The molecule has 29 heavy (non-hydrogen) atoms. The fourth-order valence-electron chi connectivity index (χ4n) is 3.40. The highest BCUT2D eigenvalue weighted by molar-refractivity contribution is 7.12. The number of hydrogen-bond donors (Lipinski definition) is 1. The number of benzene rings is 3. The molecule has 0 aliphatic carbocycles. The van der Waals surface area contributed by atoms with Gasteiger partial charge in [-0.15, -0.1) is 11.3 Å². The van der Waals surface area contributed by atoms with Crippen molar-refractivity contribution in [3.8, 4) is 5.75 Å². The third kappa shape index (κ3) is 3.41. The Kier molecular flexibility index (Phi) is 4.58.